The number of methoxy groups -OCH3 is 2. The standard InChI is InChI=1S/C18H24O3S/c1-5-10-18(19,17-13(2)22-12-16(17)21-4)11-14-6-8-15(20-3)9-7-14/h6-9,12,19H,5,10-11H2,1-4H3. The van der Waals surface area contributed by atoms with Crippen LogP contribution in [0, 0.1) is 6.92 Å². The summed E-state index contributed by atoms with van der Waals surface area (Å²) in [5, 5.41) is 13.3. The number of hydrogen-bond donors (Lipinski definition) is 1. The Balaban J connectivity index is 2.36. The molecule has 2 rings (SSSR count). The van der Waals surface area contributed by atoms with Crippen LogP contribution in [0.1, 0.15) is 35.8 Å². The van der Waals surface area contributed by atoms with E-state index >= 15 is 0 Å². The fraction of sp³-hybridized carbons (Fsp3) is 0.444. The van der Waals surface area contributed by atoms with Crippen molar-refractivity contribution >= 4 is 11.3 Å². The van der Waals surface area contributed by atoms with Gasteiger partial charge in [-0.2, -0.15) is 0 Å². The van der Waals surface area contributed by atoms with Crippen LogP contribution in [0.4, 0.5) is 0 Å². The molecular weight excluding hydrogens is 296 g/mol. The number of aryl methyl sites for hydroxylation is 1. The van der Waals surface area contributed by atoms with Crippen molar-refractivity contribution in [2.75, 3.05) is 14.2 Å². The molecule has 0 saturated heterocycles. The highest BCUT2D eigenvalue weighted by Gasteiger charge is 2.34. The van der Waals surface area contributed by atoms with E-state index in [-0.39, 0.29) is 0 Å². The third kappa shape index (κ3) is 3.45. The minimum Gasteiger partial charge on any atom is -0.497 e. The number of benzene rings is 1. The van der Waals surface area contributed by atoms with Crippen LogP contribution in [0.5, 0.6) is 11.5 Å². The molecule has 0 amide bonds. The molecule has 1 atom stereocenters. The molecule has 22 heavy (non-hydrogen) atoms. The predicted molar refractivity (Wildman–Crippen MR) is 91.1 cm³/mol. The zero-order valence-corrected chi connectivity index (χ0v) is 14.5. The van der Waals surface area contributed by atoms with Crippen molar-refractivity contribution in [3.8, 4) is 11.5 Å². The molecule has 0 bridgehead atoms. The second-order valence-electron chi connectivity index (χ2n) is 5.54. The first-order chi connectivity index (χ1) is 10.5. The van der Waals surface area contributed by atoms with Gasteiger partial charge in [-0.1, -0.05) is 25.5 Å². The predicted octanol–water partition coefficient (Wildman–Crippen LogP) is 4.30. The van der Waals surface area contributed by atoms with E-state index < -0.39 is 5.60 Å². The SMILES string of the molecule is CCCC(O)(Cc1ccc(OC)cc1)c1c(OC)csc1C. The van der Waals surface area contributed by atoms with Crippen molar-refractivity contribution in [1.29, 1.82) is 0 Å². The van der Waals surface area contributed by atoms with E-state index in [9.17, 15) is 5.11 Å². The molecule has 1 aromatic heterocycles. The number of aliphatic hydroxyl groups is 1. The maximum atomic E-state index is 11.3. The molecule has 1 aromatic carbocycles. The van der Waals surface area contributed by atoms with E-state index in [1.165, 1.54) is 0 Å². The third-order valence-corrected chi connectivity index (χ3v) is 4.84. The van der Waals surface area contributed by atoms with Gasteiger partial charge in [0.2, 0.25) is 0 Å². The number of ether oxygens (including phenoxy) is 2. The summed E-state index contributed by atoms with van der Waals surface area (Å²) >= 11 is 1.62. The first-order valence-electron chi connectivity index (χ1n) is 7.52. The maximum absolute atomic E-state index is 11.3. The normalized spacial score (nSPS) is 13.7. The Morgan fingerprint density at radius 1 is 1.14 bits per heavy atom. The third-order valence-electron chi connectivity index (χ3n) is 3.95. The Morgan fingerprint density at radius 3 is 2.36 bits per heavy atom. The zero-order chi connectivity index (χ0) is 16.2. The average Bonchev–Trinajstić information content (AvgIpc) is 2.90. The van der Waals surface area contributed by atoms with Crippen LogP contribution < -0.4 is 9.47 Å². The van der Waals surface area contributed by atoms with E-state index in [2.05, 4.69) is 6.92 Å². The molecule has 0 fully saturated rings. The van der Waals surface area contributed by atoms with E-state index in [0.717, 1.165) is 33.9 Å². The molecule has 0 spiro atoms. The highest BCUT2D eigenvalue weighted by Crippen LogP contribution is 2.42. The molecule has 0 aliphatic rings. The van der Waals surface area contributed by atoms with Crippen molar-refractivity contribution in [3.05, 3.63) is 45.6 Å². The summed E-state index contributed by atoms with van der Waals surface area (Å²) in [7, 11) is 3.31. The minimum atomic E-state index is -0.904. The molecule has 1 N–H and O–H groups in total. The lowest BCUT2D eigenvalue weighted by molar-refractivity contribution is 0.0245. The van der Waals surface area contributed by atoms with Gasteiger partial charge in [0.1, 0.15) is 11.5 Å². The highest BCUT2D eigenvalue weighted by molar-refractivity contribution is 7.10. The number of hydrogen-bond acceptors (Lipinski definition) is 4. The number of rotatable bonds is 7. The van der Waals surface area contributed by atoms with Crippen LogP contribution in [-0.2, 0) is 12.0 Å². The Morgan fingerprint density at radius 2 is 1.82 bits per heavy atom. The molecule has 0 radical (unpaired) electrons. The van der Waals surface area contributed by atoms with Gasteiger partial charge in [-0.15, -0.1) is 11.3 Å². The second-order valence-corrected chi connectivity index (χ2v) is 6.63. The van der Waals surface area contributed by atoms with Crippen molar-refractivity contribution < 1.29 is 14.6 Å². The van der Waals surface area contributed by atoms with Crippen LogP contribution in [0.2, 0.25) is 0 Å². The van der Waals surface area contributed by atoms with Crippen LogP contribution in [-0.4, -0.2) is 19.3 Å². The Labute approximate surface area is 136 Å². The Hall–Kier alpha value is -1.52. The molecule has 0 saturated carbocycles. The van der Waals surface area contributed by atoms with Gasteiger partial charge >= 0.3 is 0 Å². The summed E-state index contributed by atoms with van der Waals surface area (Å²) in [4.78, 5) is 1.11. The van der Waals surface area contributed by atoms with Crippen molar-refractivity contribution in [3.63, 3.8) is 0 Å². The minimum absolute atomic E-state index is 0.568. The summed E-state index contributed by atoms with van der Waals surface area (Å²) in [5.41, 5.74) is 1.11. The molecule has 1 heterocycles. The van der Waals surface area contributed by atoms with Crippen LogP contribution in [0.15, 0.2) is 29.6 Å². The fourth-order valence-corrected chi connectivity index (χ4v) is 3.84. The largest absolute Gasteiger partial charge is 0.497 e. The monoisotopic (exact) mass is 320 g/mol. The van der Waals surface area contributed by atoms with Crippen LogP contribution in [0.25, 0.3) is 0 Å². The first kappa shape index (κ1) is 16.8. The summed E-state index contributed by atoms with van der Waals surface area (Å²) < 4.78 is 10.7. The van der Waals surface area contributed by atoms with E-state index in [1.54, 1.807) is 25.6 Å². The van der Waals surface area contributed by atoms with Gasteiger partial charge < -0.3 is 14.6 Å². The van der Waals surface area contributed by atoms with Gasteiger partial charge in [-0.25, -0.2) is 0 Å². The Kier molecular flexibility index (Phi) is 5.48. The molecule has 1 unspecified atom stereocenters. The van der Waals surface area contributed by atoms with Gasteiger partial charge in [0, 0.05) is 22.2 Å². The molecule has 2 aromatic rings. The quantitative estimate of drug-likeness (QED) is 0.826. The molecule has 0 aliphatic heterocycles. The zero-order valence-electron chi connectivity index (χ0n) is 13.7. The summed E-state index contributed by atoms with van der Waals surface area (Å²) in [6.45, 7) is 4.13. The fourth-order valence-electron chi connectivity index (χ4n) is 2.94. The lowest BCUT2D eigenvalue weighted by atomic mass is 9.83. The lowest BCUT2D eigenvalue weighted by Gasteiger charge is -2.29. The molecule has 0 aliphatic carbocycles. The summed E-state index contributed by atoms with van der Waals surface area (Å²) in [6.07, 6.45) is 2.18. The lowest BCUT2D eigenvalue weighted by Crippen LogP contribution is -2.29. The van der Waals surface area contributed by atoms with Crippen molar-refractivity contribution in [2.45, 2.75) is 38.7 Å². The molecular formula is C18H24O3S. The van der Waals surface area contributed by atoms with Gasteiger partial charge in [0.15, 0.2) is 0 Å². The van der Waals surface area contributed by atoms with Gasteiger partial charge in [-0.05, 0) is 31.0 Å². The van der Waals surface area contributed by atoms with Gasteiger partial charge in [-0.3, -0.25) is 0 Å². The summed E-state index contributed by atoms with van der Waals surface area (Å²) in [5.74, 6) is 1.61. The van der Waals surface area contributed by atoms with Gasteiger partial charge in [0.25, 0.3) is 0 Å². The maximum Gasteiger partial charge on any atom is 0.135 e. The van der Waals surface area contributed by atoms with Crippen molar-refractivity contribution in [2.24, 2.45) is 0 Å². The number of thiophene rings is 1. The molecule has 4 heteroatoms. The van der Waals surface area contributed by atoms with Crippen molar-refractivity contribution in [1.82, 2.24) is 0 Å². The first-order valence-corrected chi connectivity index (χ1v) is 8.40. The molecule has 3 nitrogen and oxygen atoms in total. The molecule has 120 valence electrons. The summed E-state index contributed by atoms with van der Waals surface area (Å²) in [6, 6.07) is 7.88. The van der Waals surface area contributed by atoms with E-state index in [1.807, 2.05) is 36.6 Å². The highest BCUT2D eigenvalue weighted by atomic mass is 32.1. The smallest absolute Gasteiger partial charge is 0.135 e. The average molecular weight is 320 g/mol. The van der Waals surface area contributed by atoms with E-state index in [4.69, 9.17) is 9.47 Å². The Bertz CT molecular complexity index is 603. The van der Waals surface area contributed by atoms with Gasteiger partial charge in [0.05, 0.1) is 19.8 Å². The second kappa shape index (κ2) is 7.16. The van der Waals surface area contributed by atoms with E-state index in [0.29, 0.717) is 12.8 Å². The van der Waals surface area contributed by atoms with Crippen LogP contribution in [0.3, 0.4) is 0 Å². The van der Waals surface area contributed by atoms with Crippen LogP contribution >= 0.6 is 11.3 Å². The topological polar surface area (TPSA) is 38.7 Å².